The van der Waals surface area contributed by atoms with Crippen LogP contribution in [0.25, 0.3) is 0 Å². The summed E-state index contributed by atoms with van der Waals surface area (Å²) in [6.07, 6.45) is 4.72. The van der Waals surface area contributed by atoms with Gasteiger partial charge in [-0.15, -0.1) is 0 Å². The second kappa shape index (κ2) is 5.74. The van der Waals surface area contributed by atoms with Gasteiger partial charge in [0.15, 0.2) is 0 Å². The van der Waals surface area contributed by atoms with Crippen LogP contribution in [0.15, 0.2) is 0 Å². The number of thioether (sulfide) groups is 1. The fraction of sp³-hybridized carbons (Fsp3) is 1.00. The molecule has 1 N–H and O–H groups in total. The molecule has 2 rings (SSSR count). The molecule has 0 aromatic rings. The highest BCUT2D eigenvalue weighted by Crippen LogP contribution is 2.31. The Morgan fingerprint density at radius 3 is 2.81 bits per heavy atom. The van der Waals surface area contributed by atoms with Crippen molar-refractivity contribution in [3.05, 3.63) is 0 Å². The lowest BCUT2D eigenvalue weighted by Gasteiger charge is -2.36. The topological polar surface area (TPSA) is 23.5 Å². The van der Waals surface area contributed by atoms with Crippen LogP contribution in [0.2, 0.25) is 0 Å². The summed E-state index contributed by atoms with van der Waals surface area (Å²) >= 11 is 2.07. The fourth-order valence-electron chi connectivity index (χ4n) is 3.07. The quantitative estimate of drug-likeness (QED) is 0.822. The summed E-state index contributed by atoms with van der Waals surface area (Å²) in [5.41, 5.74) is 0. The summed E-state index contributed by atoms with van der Waals surface area (Å²) in [4.78, 5) is 2.49. The zero-order valence-electron chi connectivity index (χ0n) is 10.6. The van der Waals surface area contributed by atoms with E-state index in [4.69, 9.17) is 0 Å². The second-order valence-electron chi connectivity index (χ2n) is 5.70. The number of aliphatic hydroxyl groups is 1. The predicted octanol–water partition coefficient (Wildman–Crippen LogP) is 2.22. The highest BCUT2D eigenvalue weighted by molar-refractivity contribution is 7.99. The molecule has 1 heterocycles. The predicted molar refractivity (Wildman–Crippen MR) is 70.9 cm³/mol. The van der Waals surface area contributed by atoms with Crippen LogP contribution in [0, 0.1) is 11.8 Å². The molecule has 2 fully saturated rings. The highest BCUT2D eigenvalue weighted by atomic mass is 32.2. The summed E-state index contributed by atoms with van der Waals surface area (Å²) in [5, 5.41) is 10.0. The zero-order valence-corrected chi connectivity index (χ0v) is 11.4. The first-order valence-corrected chi connectivity index (χ1v) is 7.78. The molecule has 0 aromatic carbocycles. The van der Waals surface area contributed by atoms with Crippen molar-refractivity contribution in [3.8, 4) is 0 Å². The van der Waals surface area contributed by atoms with Crippen LogP contribution in [0.5, 0.6) is 0 Å². The molecule has 0 aromatic heterocycles. The van der Waals surface area contributed by atoms with Crippen molar-refractivity contribution in [1.82, 2.24) is 4.90 Å². The van der Waals surface area contributed by atoms with Gasteiger partial charge in [-0.05, 0) is 50.3 Å². The van der Waals surface area contributed by atoms with E-state index in [1.165, 1.54) is 30.8 Å². The van der Waals surface area contributed by atoms with Gasteiger partial charge in [-0.1, -0.05) is 6.92 Å². The van der Waals surface area contributed by atoms with Gasteiger partial charge >= 0.3 is 0 Å². The third kappa shape index (κ3) is 3.14. The molecule has 4 atom stereocenters. The van der Waals surface area contributed by atoms with Crippen LogP contribution in [0.1, 0.15) is 32.6 Å². The van der Waals surface area contributed by atoms with E-state index >= 15 is 0 Å². The fourth-order valence-corrected chi connectivity index (χ4v) is 4.37. The number of hydrogen-bond acceptors (Lipinski definition) is 3. The van der Waals surface area contributed by atoms with Crippen LogP contribution in [0.3, 0.4) is 0 Å². The van der Waals surface area contributed by atoms with E-state index in [1.54, 1.807) is 0 Å². The monoisotopic (exact) mass is 243 g/mol. The third-order valence-electron chi connectivity index (χ3n) is 4.26. The minimum atomic E-state index is -0.0484. The molecule has 1 saturated heterocycles. The van der Waals surface area contributed by atoms with Gasteiger partial charge in [0.25, 0.3) is 0 Å². The van der Waals surface area contributed by atoms with E-state index in [0.717, 1.165) is 24.9 Å². The summed E-state index contributed by atoms with van der Waals surface area (Å²) in [6.45, 7) is 3.42. The smallest absolute Gasteiger partial charge is 0.0580 e. The molecule has 0 radical (unpaired) electrons. The number of rotatable bonds is 3. The van der Waals surface area contributed by atoms with Crippen molar-refractivity contribution in [1.29, 1.82) is 0 Å². The molecule has 0 bridgehead atoms. The molecule has 1 aliphatic carbocycles. The van der Waals surface area contributed by atoms with E-state index in [9.17, 15) is 5.11 Å². The Kier molecular flexibility index (Phi) is 4.57. The Morgan fingerprint density at radius 1 is 1.31 bits per heavy atom. The van der Waals surface area contributed by atoms with Crippen LogP contribution in [-0.4, -0.2) is 47.3 Å². The SMILES string of the molecule is CC1CCC(O)C(CN(C)C2CCSC2)C1. The lowest BCUT2D eigenvalue weighted by atomic mass is 9.80. The molecule has 16 heavy (non-hydrogen) atoms. The standard InChI is InChI=1S/C13H25NOS/c1-10-3-4-13(15)11(7-10)8-14(2)12-5-6-16-9-12/h10-13,15H,3-9H2,1-2H3. The zero-order chi connectivity index (χ0) is 11.5. The molecule has 3 heteroatoms. The molecular weight excluding hydrogens is 218 g/mol. The van der Waals surface area contributed by atoms with Crippen LogP contribution in [-0.2, 0) is 0 Å². The van der Waals surface area contributed by atoms with Crippen molar-refractivity contribution >= 4 is 11.8 Å². The highest BCUT2D eigenvalue weighted by Gasteiger charge is 2.30. The van der Waals surface area contributed by atoms with Crippen molar-refractivity contribution in [2.75, 3.05) is 25.1 Å². The van der Waals surface area contributed by atoms with E-state index in [-0.39, 0.29) is 6.10 Å². The molecule has 1 aliphatic heterocycles. The number of aliphatic hydroxyl groups excluding tert-OH is 1. The van der Waals surface area contributed by atoms with Gasteiger partial charge in [0.1, 0.15) is 0 Å². The van der Waals surface area contributed by atoms with Crippen LogP contribution in [0.4, 0.5) is 0 Å². The maximum atomic E-state index is 10.0. The molecule has 4 unspecified atom stereocenters. The first-order valence-electron chi connectivity index (χ1n) is 6.63. The van der Waals surface area contributed by atoms with Crippen molar-refractivity contribution < 1.29 is 5.11 Å². The molecular formula is C13H25NOS. The van der Waals surface area contributed by atoms with Gasteiger partial charge < -0.3 is 10.0 Å². The van der Waals surface area contributed by atoms with Gasteiger partial charge in [0, 0.05) is 18.3 Å². The molecule has 2 nitrogen and oxygen atoms in total. The largest absolute Gasteiger partial charge is 0.393 e. The second-order valence-corrected chi connectivity index (χ2v) is 6.85. The average molecular weight is 243 g/mol. The molecule has 2 aliphatic rings. The van der Waals surface area contributed by atoms with Gasteiger partial charge in [-0.2, -0.15) is 11.8 Å². The maximum Gasteiger partial charge on any atom is 0.0580 e. The van der Waals surface area contributed by atoms with Gasteiger partial charge in [0.05, 0.1) is 6.10 Å². The van der Waals surface area contributed by atoms with E-state index in [1.807, 2.05) is 0 Å². The minimum absolute atomic E-state index is 0.0484. The van der Waals surface area contributed by atoms with E-state index < -0.39 is 0 Å². The van der Waals surface area contributed by atoms with Crippen LogP contribution >= 0.6 is 11.8 Å². The first-order chi connectivity index (χ1) is 7.66. The Hall–Kier alpha value is 0.270. The van der Waals surface area contributed by atoms with Gasteiger partial charge in [-0.25, -0.2) is 0 Å². The lowest BCUT2D eigenvalue weighted by molar-refractivity contribution is 0.0296. The maximum absolute atomic E-state index is 10.0. The Labute approximate surface area is 104 Å². The Bertz CT molecular complexity index is 218. The summed E-state index contributed by atoms with van der Waals surface area (Å²) < 4.78 is 0. The third-order valence-corrected chi connectivity index (χ3v) is 5.40. The summed E-state index contributed by atoms with van der Waals surface area (Å²) in [5.74, 6) is 3.92. The number of nitrogens with zero attached hydrogens (tertiary/aromatic N) is 1. The van der Waals surface area contributed by atoms with Crippen molar-refractivity contribution in [2.24, 2.45) is 11.8 Å². The van der Waals surface area contributed by atoms with Crippen molar-refractivity contribution in [2.45, 2.75) is 44.8 Å². The Morgan fingerprint density at radius 2 is 2.12 bits per heavy atom. The van der Waals surface area contributed by atoms with Gasteiger partial charge in [0.2, 0.25) is 0 Å². The normalized spacial score (nSPS) is 40.5. The van der Waals surface area contributed by atoms with Gasteiger partial charge in [-0.3, -0.25) is 0 Å². The Balaban J connectivity index is 1.82. The van der Waals surface area contributed by atoms with E-state index in [2.05, 4.69) is 30.6 Å². The molecule has 94 valence electrons. The molecule has 1 saturated carbocycles. The average Bonchev–Trinajstić information content (AvgIpc) is 2.76. The molecule has 0 amide bonds. The molecule has 0 spiro atoms. The lowest BCUT2D eigenvalue weighted by Crippen LogP contribution is -2.41. The summed E-state index contributed by atoms with van der Waals surface area (Å²) in [7, 11) is 2.24. The van der Waals surface area contributed by atoms with E-state index in [0.29, 0.717) is 5.92 Å². The van der Waals surface area contributed by atoms with Crippen molar-refractivity contribution in [3.63, 3.8) is 0 Å². The number of hydrogen-bond donors (Lipinski definition) is 1. The first kappa shape index (κ1) is 12.7. The minimum Gasteiger partial charge on any atom is -0.393 e. The summed E-state index contributed by atoms with van der Waals surface area (Å²) in [6, 6.07) is 0.759. The van der Waals surface area contributed by atoms with Crippen LogP contribution < -0.4 is 0 Å².